The normalized spacial score (nSPS) is 19.1. The van der Waals surface area contributed by atoms with Crippen LogP contribution in [0.15, 0.2) is 12.2 Å². The number of nitrogens with one attached hydrogen (secondary N) is 1. The van der Waals surface area contributed by atoms with E-state index in [-0.39, 0.29) is 6.10 Å². The maximum atomic E-state index is 11.6. The molecule has 1 saturated heterocycles. The summed E-state index contributed by atoms with van der Waals surface area (Å²) in [6.07, 6.45) is 4.46. The maximum Gasteiger partial charge on any atom is 0.328 e. The fourth-order valence-electron chi connectivity index (χ4n) is 1.73. The summed E-state index contributed by atoms with van der Waals surface area (Å²) in [6, 6.07) is -0.575. The maximum absolute atomic E-state index is 11.6. The summed E-state index contributed by atoms with van der Waals surface area (Å²) in [6.45, 7) is 1.10. The lowest BCUT2D eigenvalue weighted by atomic mass is 10.1. The summed E-state index contributed by atoms with van der Waals surface area (Å²) >= 11 is 0. The topological polar surface area (TPSA) is 95.9 Å². The molecule has 7 nitrogen and oxygen atoms in total. The van der Waals surface area contributed by atoms with Crippen molar-refractivity contribution in [1.82, 2.24) is 10.2 Å². The van der Waals surface area contributed by atoms with Crippen molar-refractivity contribution in [3.63, 3.8) is 0 Å². The minimum absolute atomic E-state index is 0.00540. The van der Waals surface area contributed by atoms with Gasteiger partial charge < -0.3 is 14.7 Å². The van der Waals surface area contributed by atoms with Gasteiger partial charge in [-0.3, -0.25) is 10.1 Å². The van der Waals surface area contributed by atoms with Gasteiger partial charge in [-0.1, -0.05) is 0 Å². The molecule has 0 saturated carbocycles. The van der Waals surface area contributed by atoms with Crippen molar-refractivity contribution in [2.75, 3.05) is 20.2 Å². The standard InChI is InChI=1S/C12H18N2O5/c1-14(8-9-4-2-3-7-19-9)12(18)13-10(15)5-6-11(16)17/h5-6,9H,2-4,7-8H2,1H3,(H,16,17)(H,13,15,18)/b6-5+. The number of imide groups is 1. The van der Waals surface area contributed by atoms with Gasteiger partial charge in [0.1, 0.15) is 0 Å². The number of urea groups is 1. The van der Waals surface area contributed by atoms with E-state index in [2.05, 4.69) is 5.32 Å². The Morgan fingerprint density at radius 1 is 1.37 bits per heavy atom. The lowest BCUT2D eigenvalue weighted by Crippen LogP contribution is -2.44. The van der Waals surface area contributed by atoms with Gasteiger partial charge >= 0.3 is 12.0 Å². The fraction of sp³-hybridized carbons (Fsp3) is 0.583. The van der Waals surface area contributed by atoms with Crippen LogP contribution >= 0.6 is 0 Å². The van der Waals surface area contributed by atoms with Crippen molar-refractivity contribution in [2.24, 2.45) is 0 Å². The molecule has 19 heavy (non-hydrogen) atoms. The van der Waals surface area contributed by atoms with Gasteiger partial charge in [0, 0.05) is 32.4 Å². The smallest absolute Gasteiger partial charge is 0.328 e. The number of nitrogens with zero attached hydrogens (tertiary/aromatic N) is 1. The van der Waals surface area contributed by atoms with Crippen LogP contribution in [0.1, 0.15) is 19.3 Å². The molecule has 1 atom stereocenters. The molecule has 7 heteroatoms. The van der Waals surface area contributed by atoms with Crippen molar-refractivity contribution in [2.45, 2.75) is 25.4 Å². The van der Waals surface area contributed by atoms with Gasteiger partial charge in [0.05, 0.1) is 6.10 Å². The molecule has 1 rings (SSSR count). The summed E-state index contributed by atoms with van der Waals surface area (Å²) in [5.41, 5.74) is 0. The van der Waals surface area contributed by atoms with Gasteiger partial charge in [-0.25, -0.2) is 9.59 Å². The van der Waals surface area contributed by atoms with Crippen LogP contribution in [0.2, 0.25) is 0 Å². The van der Waals surface area contributed by atoms with E-state index in [9.17, 15) is 14.4 Å². The Bertz CT molecular complexity index is 374. The summed E-state index contributed by atoms with van der Waals surface area (Å²) in [5.74, 6) is -2.00. The Morgan fingerprint density at radius 3 is 2.68 bits per heavy atom. The number of ether oxygens (including phenoxy) is 1. The van der Waals surface area contributed by atoms with E-state index in [4.69, 9.17) is 9.84 Å². The van der Waals surface area contributed by atoms with E-state index in [1.807, 2.05) is 0 Å². The van der Waals surface area contributed by atoms with E-state index in [1.54, 1.807) is 7.05 Å². The SMILES string of the molecule is CN(CC1CCCCO1)C(=O)NC(=O)/C=C/C(=O)O. The van der Waals surface area contributed by atoms with Gasteiger partial charge in [-0.05, 0) is 19.3 Å². The first kappa shape index (κ1) is 15.2. The summed E-state index contributed by atoms with van der Waals surface area (Å²) in [5, 5.41) is 10.4. The highest BCUT2D eigenvalue weighted by Crippen LogP contribution is 2.13. The van der Waals surface area contributed by atoms with Gasteiger partial charge in [-0.15, -0.1) is 0 Å². The van der Waals surface area contributed by atoms with Gasteiger partial charge in [0.2, 0.25) is 0 Å². The molecule has 0 bridgehead atoms. The Kier molecular flexibility index (Phi) is 6.01. The Morgan fingerprint density at radius 2 is 2.11 bits per heavy atom. The van der Waals surface area contributed by atoms with Crippen LogP contribution < -0.4 is 5.32 Å². The first-order chi connectivity index (χ1) is 8.99. The number of hydrogen-bond acceptors (Lipinski definition) is 4. The van der Waals surface area contributed by atoms with E-state index < -0.39 is 17.9 Å². The molecule has 1 fully saturated rings. The third kappa shape index (κ3) is 6.01. The molecule has 0 aromatic carbocycles. The van der Waals surface area contributed by atoms with E-state index in [0.29, 0.717) is 19.2 Å². The van der Waals surface area contributed by atoms with Crippen LogP contribution in [0.3, 0.4) is 0 Å². The van der Waals surface area contributed by atoms with Gasteiger partial charge in [-0.2, -0.15) is 0 Å². The lowest BCUT2D eigenvalue weighted by Gasteiger charge is -2.27. The third-order valence-corrected chi connectivity index (χ3v) is 2.71. The van der Waals surface area contributed by atoms with Gasteiger partial charge in [0.25, 0.3) is 5.91 Å². The molecule has 106 valence electrons. The number of carbonyl (C=O) groups is 3. The molecule has 0 spiro atoms. The summed E-state index contributed by atoms with van der Waals surface area (Å²) in [7, 11) is 1.56. The highest BCUT2D eigenvalue weighted by molar-refractivity contribution is 6.02. The van der Waals surface area contributed by atoms with Crippen molar-refractivity contribution >= 4 is 17.9 Å². The van der Waals surface area contributed by atoms with Crippen LogP contribution in [0.5, 0.6) is 0 Å². The zero-order chi connectivity index (χ0) is 14.3. The van der Waals surface area contributed by atoms with Crippen molar-refractivity contribution in [3.8, 4) is 0 Å². The minimum Gasteiger partial charge on any atom is -0.478 e. The molecule has 2 N–H and O–H groups in total. The molecule has 0 aliphatic carbocycles. The Balaban J connectivity index is 2.35. The Labute approximate surface area is 111 Å². The number of carboxylic acids is 1. The van der Waals surface area contributed by atoms with Crippen molar-refractivity contribution in [1.29, 1.82) is 0 Å². The fourth-order valence-corrected chi connectivity index (χ4v) is 1.73. The Hall–Kier alpha value is -1.89. The van der Waals surface area contributed by atoms with Crippen LogP contribution in [0, 0.1) is 0 Å². The zero-order valence-electron chi connectivity index (χ0n) is 10.8. The van der Waals surface area contributed by atoms with Crippen molar-refractivity contribution in [3.05, 3.63) is 12.2 Å². The molecule has 3 amide bonds. The minimum atomic E-state index is -1.24. The van der Waals surface area contributed by atoms with E-state index >= 15 is 0 Å². The first-order valence-electron chi connectivity index (χ1n) is 6.07. The average Bonchev–Trinajstić information content (AvgIpc) is 2.37. The highest BCUT2D eigenvalue weighted by atomic mass is 16.5. The predicted molar refractivity (Wildman–Crippen MR) is 66.5 cm³/mol. The number of carboxylic acid groups (broad SMARTS) is 1. The van der Waals surface area contributed by atoms with E-state index in [1.165, 1.54) is 4.90 Å². The molecular weight excluding hydrogens is 252 g/mol. The molecule has 1 aliphatic rings. The highest BCUT2D eigenvalue weighted by Gasteiger charge is 2.19. The summed E-state index contributed by atoms with van der Waals surface area (Å²) < 4.78 is 5.48. The lowest BCUT2D eigenvalue weighted by molar-refractivity contribution is -0.131. The molecule has 0 radical (unpaired) electrons. The molecule has 1 heterocycles. The first-order valence-corrected chi connectivity index (χ1v) is 6.07. The second-order valence-electron chi connectivity index (χ2n) is 4.34. The molecule has 0 aromatic rings. The van der Waals surface area contributed by atoms with Crippen LogP contribution in [-0.2, 0) is 14.3 Å². The van der Waals surface area contributed by atoms with Crippen molar-refractivity contribution < 1.29 is 24.2 Å². The van der Waals surface area contributed by atoms with Crippen LogP contribution in [-0.4, -0.2) is 54.2 Å². The molecular formula is C12H18N2O5. The number of hydrogen-bond donors (Lipinski definition) is 2. The molecule has 1 unspecified atom stereocenters. The number of likely N-dealkylation sites (N-methyl/N-ethyl adjacent to an activating group) is 1. The van der Waals surface area contributed by atoms with Crippen LogP contribution in [0.4, 0.5) is 4.79 Å². The monoisotopic (exact) mass is 270 g/mol. The molecule has 0 aromatic heterocycles. The van der Waals surface area contributed by atoms with E-state index in [0.717, 1.165) is 25.3 Å². The average molecular weight is 270 g/mol. The largest absolute Gasteiger partial charge is 0.478 e. The van der Waals surface area contributed by atoms with Gasteiger partial charge in [0.15, 0.2) is 0 Å². The third-order valence-electron chi connectivity index (χ3n) is 2.71. The predicted octanol–water partition coefficient (Wildman–Crippen LogP) is 0.364. The second-order valence-corrected chi connectivity index (χ2v) is 4.34. The zero-order valence-corrected chi connectivity index (χ0v) is 10.8. The quantitative estimate of drug-likeness (QED) is 0.719. The second kappa shape index (κ2) is 7.52. The number of carbonyl (C=O) groups excluding carboxylic acids is 2. The number of aliphatic carboxylic acids is 1. The summed E-state index contributed by atoms with van der Waals surface area (Å²) in [4.78, 5) is 34.4. The number of amides is 3. The number of rotatable bonds is 4. The van der Waals surface area contributed by atoms with Crippen LogP contribution in [0.25, 0.3) is 0 Å². The molecule has 1 aliphatic heterocycles.